The lowest BCUT2D eigenvalue weighted by atomic mass is 10.0. The van der Waals surface area contributed by atoms with Crippen LogP contribution in [0.3, 0.4) is 0 Å². The van der Waals surface area contributed by atoms with Crippen molar-refractivity contribution in [2.75, 3.05) is 20.2 Å². The van der Waals surface area contributed by atoms with Crippen molar-refractivity contribution in [2.45, 2.75) is 19.3 Å². The van der Waals surface area contributed by atoms with E-state index in [0.717, 1.165) is 37.2 Å². The number of hydrogen-bond acceptors (Lipinski definition) is 5. The van der Waals surface area contributed by atoms with E-state index in [4.69, 9.17) is 14.5 Å². The molecule has 2 aromatic rings. The van der Waals surface area contributed by atoms with Crippen LogP contribution < -0.4 is 4.74 Å². The third-order valence-corrected chi connectivity index (χ3v) is 5.48. The molecule has 0 radical (unpaired) electrons. The molecule has 2 heterocycles. The van der Waals surface area contributed by atoms with Crippen LogP contribution in [0.25, 0.3) is 11.3 Å². The Kier molecular flexibility index (Phi) is 3.72. The van der Waals surface area contributed by atoms with E-state index in [-0.39, 0.29) is 17.1 Å². The zero-order chi connectivity index (χ0) is 17.4. The minimum atomic E-state index is -0.119. The van der Waals surface area contributed by atoms with Crippen LogP contribution in [0, 0.1) is 22.7 Å². The van der Waals surface area contributed by atoms with Crippen LogP contribution in [-0.4, -0.2) is 36.2 Å². The van der Waals surface area contributed by atoms with Crippen LogP contribution in [0.2, 0.25) is 0 Å². The highest BCUT2D eigenvalue weighted by atomic mass is 16.5. The summed E-state index contributed by atoms with van der Waals surface area (Å²) in [5, 5.41) is 12.9. The molecule has 128 valence electrons. The predicted octanol–water partition coefficient (Wildman–Crippen LogP) is 3.12. The largest absolute Gasteiger partial charge is 0.497 e. The molecule has 6 nitrogen and oxygen atoms in total. The first-order valence-electron chi connectivity index (χ1n) is 8.42. The summed E-state index contributed by atoms with van der Waals surface area (Å²) in [6.07, 6.45) is 2.62. The smallest absolute Gasteiger partial charge is 0.292 e. The second-order valence-corrected chi connectivity index (χ2v) is 6.91. The minimum absolute atomic E-state index is 0.119. The fraction of sp³-hybridized carbons (Fsp3) is 0.421. The molecule has 1 aliphatic carbocycles. The maximum absolute atomic E-state index is 12.7. The molecule has 1 spiro atoms. The van der Waals surface area contributed by atoms with Crippen LogP contribution in [0.15, 0.2) is 34.9 Å². The van der Waals surface area contributed by atoms with E-state index in [1.807, 2.05) is 29.2 Å². The normalized spacial score (nSPS) is 24.3. The first kappa shape index (κ1) is 15.7. The van der Waals surface area contributed by atoms with Gasteiger partial charge in [0.1, 0.15) is 11.4 Å². The Labute approximate surface area is 146 Å². The third kappa shape index (κ3) is 2.76. The average Bonchev–Trinajstić information content (AvgIpc) is 3.00. The van der Waals surface area contributed by atoms with Gasteiger partial charge in [-0.25, -0.2) is 0 Å². The van der Waals surface area contributed by atoms with E-state index < -0.39 is 0 Å². The molecule has 1 amide bonds. The number of aromatic nitrogens is 1. The Bertz CT molecular complexity index is 836. The zero-order valence-corrected chi connectivity index (χ0v) is 14.1. The summed E-state index contributed by atoms with van der Waals surface area (Å²) < 4.78 is 10.4. The molecule has 2 fully saturated rings. The quantitative estimate of drug-likeness (QED) is 0.856. The molecule has 1 saturated heterocycles. The first-order valence-corrected chi connectivity index (χ1v) is 8.42. The molecule has 2 atom stereocenters. The van der Waals surface area contributed by atoms with Crippen LogP contribution in [0.1, 0.15) is 29.8 Å². The van der Waals surface area contributed by atoms with Crippen molar-refractivity contribution < 1.29 is 14.1 Å². The summed E-state index contributed by atoms with van der Waals surface area (Å²) in [4.78, 5) is 14.5. The first-order chi connectivity index (χ1) is 12.1. The van der Waals surface area contributed by atoms with Gasteiger partial charge in [0.25, 0.3) is 5.91 Å². The highest BCUT2D eigenvalue weighted by Gasteiger charge is 2.57. The molecule has 1 aromatic heterocycles. The molecular weight excluding hydrogens is 318 g/mol. The summed E-state index contributed by atoms with van der Waals surface area (Å²) in [6, 6.07) is 11.4. The van der Waals surface area contributed by atoms with Crippen LogP contribution in [0.5, 0.6) is 5.75 Å². The van der Waals surface area contributed by atoms with Gasteiger partial charge in [0.2, 0.25) is 5.76 Å². The highest BCUT2D eigenvalue weighted by Crippen LogP contribution is 2.60. The second-order valence-electron chi connectivity index (χ2n) is 6.91. The SMILES string of the molecule is COc1ccc(-c2cc(C(=O)N3CC[C@@]4(CC4CC#N)C3)on2)cc1. The number of nitriles is 1. The van der Waals surface area contributed by atoms with Gasteiger partial charge in [0.05, 0.1) is 13.2 Å². The van der Waals surface area contributed by atoms with Crippen LogP contribution in [0.4, 0.5) is 0 Å². The lowest BCUT2D eigenvalue weighted by Gasteiger charge is -2.14. The van der Waals surface area contributed by atoms with Gasteiger partial charge in [0, 0.05) is 31.1 Å². The van der Waals surface area contributed by atoms with Crippen LogP contribution >= 0.6 is 0 Å². The van der Waals surface area contributed by atoms with Crippen molar-refractivity contribution in [3.63, 3.8) is 0 Å². The van der Waals surface area contributed by atoms with Gasteiger partial charge >= 0.3 is 0 Å². The number of amides is 1. The molecule has 1 aromatic carbocycles. The van der Waals surface area contributed by atoms with Gasteiger partial charge in [-0.2, -0.15) is 5.26 Å². The van der Waals surface area contributed by atoms with E-state index >= 15 is 0 Å². The Hall–Kier alpha value is -2.81. The molecule has 0 bridgehead atoms. The monoisotopic (exact) mass is 337 g/mol. The summed E-state index contributed by atoms with van der Waals surface area (Å²) in [5.41, 5.74) is 1.68. The molecule has 4 rings (SSSR count). The number of ether oxygens (including phenoxy) is 1. The minimum Gasteiger partial charge on any atom is -0.497 e. The highest BCUT2D eigenvalue weighted by molar-refractivity contribution is 5.92. The van der Waals surface area contributed by atoms with Crippen molar-refractivity contribution in [1.82, 2.24) is 10.1 Å². The van der Waals surface area contributed by atoms with E-state index in [1.165, 1.54) is 0 Å². The van der Waals surface area contributed by atoms with Crippen molar-refractivity contribution in [3.8, 4) is 23.1 Å². The summed E-state index contributed by atoms with van der Waals surface area (Å²) >= 11 is 0. The molecule has 1 unspecified atom stereocenters. The standard InChI is InChI=1S/C19H19N3O3/c1-24-15-4-2-13(3-5-15)16-10-17(25-21-16)18(23)22-9-7-19(12-22)11-14(19)6-8-20/h2-5,10,14H,6-7,9,11-12H2,1H3/t14?,19-/m1/s1. The summed E-state index contributed by atoms with van der Waals surface area (Å²) in [5.74, 6) is 1.36. The van der Waals surface area contributed by atoms with Crippen molar-refractivity contribution in [2.24, 2.45) is 11.3 Å². The van der Waals surface area contributed by atoms with Gasteiger partial charge in [-0.15, -0.1) is 0 Å². The molecule has 0 N–H and O–H groups in total. The third-order valence-electron chi connectivity index (χ3n) is 5.48. The second kappa shape index (κ2) is 5.92. The summed E-state index contributed by atoms with van der Waals surface area (Å²) in [6.45, 7) is 1.44. The molecular formula is C19H19N3O3. The number of hydrogen-bond donors (Lipinski definition) is 0. The zero-order valence-electron chi connectivity index (χ0n) is 14.1. The number of methoxy groups -OCH3 is 1. The van der Waals surface area contributed by atoms with Gasteiger partial charge < -0.3 is 14.2 Å². The maximum Gasteiger partial charge on any atom is 0.292 e. The molecule has 2 aliphatic rings. The predicted molar refractivity (Wildman–Crippen MR) is 89.8 cm³/mol. The lowest BCUT2D eigenvalue weighted by Crippen LogP contribution is -2.28. The topological polar surface area (TPSA) is 79.4 Å². The number of carbonyl (C=O) groups excluding carboxylic acids is 1. The molecule has 1 aliphatic heterocycles. The molecule has 1 saturated carbocycles. The van der Waals surface area contributed by atoms with Crippen molar-refractivity contribution >= 4 is 5.91 Å². The van der Waals surface area contributed by atoms with E-state index in [1.54, 1.807) is 13.2 Å². The molecule has 25 heavy (non-hydrogen) atoms. The van der Waals surface area contributed by atoms with E-state index in [0.29, 0.717) is 18.0 Å². The van der Waals surface area contributed by atoms with E-state index in [2.05, 4.69) is 11.2 Å². The number of rotatable bonds is 4. The number of benzene rings is 1. The Morgan fingerprint density at radius 3 is 3.00 bits per heavy atom. The fourth-order valence-electron chi connectivity index (χ4n) is 3.83. The van der Waals surface area contributed by atoms with Gasteiger partial charge in [-0.05, 0) is 48.4 Å². The van der Waals surface area contributed by atoms with Gasteiger partial charge in [0.15, 0.2) is 0 Å². The fourth-order valence-corrected chi connectivity index (χ4v) is 3.83. The Morgan fingerprint density at radius 2 is 2.28 bits per heavy atom. The van der Waals surface area contributed by atoms with Crippen molar-refractivity contribution in [3.05, 3.63) is 36.1 Å². The maximum atomic E-state index is 12.7. The number of likely N-dealkylation sites (tertiary alicyclic amines) is 1. The average molecular weight is 337 g/mol. The number of carbonyl (C=O) groups is 1. The van der Waals surface area contributed by atoms with Gasteiger partial charge in [-0.3, -0.25) is 4.79 Å². The Balaban J connectivity index is 1.45. The Morgan fingerprint density at radius 1 is 1.48 bits per heavy atom. The van der Waals surface area contributed by atoms with E-state index in [9.17, 15) is 4.79 Å². The molecule has 6 heteroatoms. The van der Waals surface area contributed by atoms with Crippen molar-refractivity contribution in [1.29, 1.82) is 5.26 Å². The van der Waals surface area contributed by atoms with Gasteiger partial charge in [-0.1, -0.05) is 5.16 Å². The van der Waals surface area contributed by atoms with Crippen LogP contribution in [-0.2, 0) is 0 Å². The number of nitrogens with zero attached hydrogens (tertiary/aromatic N) is 3. The lowest BCUT2D eigenvalue weighted by molar-refractivity contribution is 0.0742. The summed E-state index contributed by atoms with van der Waals surface area (Å²) in [7, 11) is 1.62.